The van der Waals surface area contributed by atoms with E-state index in [-0.39, 0.29) is 0 Å². The van der Waals surface area contributed by atoms with Gasteiger partial charge in [0.25, 0.3) is 0 Å². The molecule has 0 saturated carbocycles. The van der Waals surface area contributed by atoms with Crippen LogP contribution in [-0.4, -0.2) is 4.98 Å². The number of nitrogens with zero attached hydrogens (tertiary/aromatic N) is 1. The van der Waals surface area contributed by atoms with Gasteiger partial charge in [0.15, 0.2) is 0 Å². The number of hydrogen-bond acceptors (Lipinski definition) is 1. The van der Waals surface area contributed by atoms with Gasteiger partial charge in [-0.3, -0.25) is 0 Å². The van der Waals surface area contributed by atoms with Gasteiger partial charge < -0.3 is 0 Å². The zero-order valence-electron chi connectivity index (χ0n) is 5.79. The molecule has 54 valence electrons. The van der Waals surface area contributed by atoms with E-state index in [0.717, 1.165) is 5.39 Å². The summed E-state index contributed by atoms with van der Waals surface area (Å²) in [5.74, 6) is -0.400. The fraction of sp³-hybridized carbons (Fsp3) is 0. The van der Waals surface area contributed by atoms with Crippen molar-refractivity contribution in [3.05, 3.63) is 42.5 Å². The van der Waals surface area contributed by atoms with Crippen LogP contribution in [0.4, 0.5) is 4.39 Å². The highest BCUT2D eigenvalue weighted by molar-refractivity contribution is 5.81. The smallest absolute Gasteiger partial charge is 0.220 e. The second kappa shape index (κ2) is 2.31. The number of fused-ring (bicyclic) bond motifs is 1. The van der Waals surface area contributed by atoms with Crippen molar-refractivity contribution in [1.29, 1.82) is 0 Å². The maximum absolute atomic E-state index is 12.9. The fourth-order valence-corrected chi connectivity index (χ4v) is 1.08. The van der Waals surface area contributed by atoms with Gasteiger partial charge in [-0.15, -0.1) is 0 Å². The minimum Gasteiger partial charge on any atom is -0.228 e. The number of benzene rings is 1. The van der Waals surface area contributed by atoms with Crippen molar-refractivity contribution >= 4 is 10.8 Å². The van der Waals surface area contributed by atoms with Crippen LogP contribution in [0.5, 0.6) is 0 Å². The van der Waals surface area contributed by atoms with Crippen LogP contribution in [0.15, 0.2) is 36.5 Å². The molecule has 0 aliphatic heterocycles. The van der Waals surface area contributed by atoms with Crippen LogP contribution in [0, 0.1) is 5.95 Å². The first-order valence-electron chi connectivity index (χ1n) is 3.37. The molecule has 1 nitrogen and oxygen atoms in total. The van der Waals surface area contributed by atoms with Crippen molar-refractivity contribution in [1.82, 2.24) is 4.98 Å². The molecule has 0 N–H and O–H groups in total. The van der Waals surface area contributed by atoms with Gasteiger partial charge in [0.2, 0.25) is 5.95 Å². The SMILES string of the molecule is Fc1nccc2ccccc12. The van der Waals surface area contributed by atoms with Gasteiger partial charge in [0.1, 0.15) is 0 Å². The third kappa shape index (κ3) is 0.963. The Bertz CT molecular complexity index is 379. The third-order valence-electron chi connectivity index (χ3n) is 1.63. The molecule has 0 radical (unpaired) electrons. The average molecular weight is 147 g/mol. The summed E-state index contributed by atoms with van der Waals surface area (Å²) < 4.78 is 12.9. The summed E-state index contributed by atoms with van der Waals surface area (Å²) in [6.07, 6.45) is 1.47. The Morgan fingerprint density at radius 3 is 2.73 bits per heavy atom. The molecule has 11 heavy (non-hydrogen) atoms. The highest BCUT2D eigenvalue weighted by Gasteiger charge is 1.97. The molecule has 0 aliphatic rings. The van der Waals surface area contributed by atoms with Crippen molar-refractivity contribution in [2.75, 3.05) is 0 Å². The summed E-state index contributed by atoms with van der Waals surface area (Å²) >= 11 is 0. The molecule has 0 fully saturated rings. The lowest BCUT2D eigenvalue weighted by molar-refractivity contribution is 0.597. The van der Waals surface area contributed by atoms with Crippen molar-refractivity contribution in [3.63, 3.8) is 0 Å². The molecule has 1 aromatic heterocycles. The Hall–Kier alpha value is -1.44. The van der Waals surface area contributed by atoms with Crippen LogP contribution >= 0.6 is 0 Å². The number of rotatable bonds is 0. The molecular formula is C9H6FN. The molecule has 0 amide bonds. The molecule has 0 bridgehead atoms. The zero-order valence-corrected chi connectivity index (χ0v) is 5.79. The molecule has 0 unspecified atom stereocenters. The second-order valence-corrected chi connectivity index (χ2v) is 2.32. The van der Waals surface area contributed by atoms with Crippen LogP contribution in [0.3, 0.4) is 0 Å². The molecule has 2 aromatic rings. The summed E-state index contributed by atoms with van der Waals surface area (Å²) in [5.41, 5.74) is 0. The predicted octanol–water partition coefficient (Wildman–Crippen LogP) is 2.37. The first-order valence-corrected chi connectivity index (χ1v) is 3.37. The maximum atomic E-state index is 12.9. The quantitative estimate of drug-likeness (QED) is 0.521. The first kappa shape index (κ1) is 6.28. The second-order valence-electron chi connectivity index (χ2n) is 2.32. The Labute approximate surface area is 63.5 Å². The van der Waals surface area contributed by atoms with Gasteiger partial charge in [0.05, 0.1) is 0 Å². The molecule has 0 atom stereocenters. The van der Waals surface area contributed by atoms with Crippen LogP contribution < -0.4 is 0 Å². The summed E-state index contributed by atoms with van der Waals surface area (Å²) in [5, 5.41) is 1.47. The van der Waals surface area contributed by atoms with Gasteiger partial charge in [-0.1, -0.05) is 18.2 Å². The molecule has 2 rings (SSSR count). The lowest BCUT2D eigenvalue weighted by Crippen LogP contribution is -1.82. The minimum atomic E-state index is -0.400. The molecule has 1 heterocycles. The summed E-state index contributed by atoms with van der Waals surface area (Å²) in [7, 11) is 0. The minimum absolute atomic E-state index is 0.400. The van der Waals surface area contributed by atoms with E-state index in [2.05, 4.69) is 4.98 Å². The highest BCUT2D eigenvalue weighted by Crippen LogP contribution is 2.13. The first-order chi connectivity index (χ1) is 5.38. The van der Waals surface area contributed by atoms with E-state index in [1.165, 1.54) is 6.20 Å². The number of pyridine rings is 1. The molecule has 0 saturated heterocycles. The van der Waals surface area contributed by atoms with Gasteiger partial charge in [-0.2, -0.15) is 4.39 Å². The van der Waals surface area contributed by atoms with Crippen LogP contribution in [0.25, 0.3) is 10.8 Å². The number of hydrogen-bond donors (Lipinski definition) is 0. The fourth-order valence-electron chi connectivity index (χ4n) is 1.08. The van der Waals surface area contributed by atoms with E-state index in [4.69, 9.17) is 0 Å². The predicted molar refractivity (Wildman–Crippen MR) is 41.7 cm³/mol. The van der Waals surface area contributed by atoms with Crippen molar-refractivity contribution in [2.24, 2.45) is 0 Å². The number of halogens is 1. The standard InChI is InChI=1S/C9H6FN/c10-9-8-4-2-1-3-7(8)5-6-11-9/h1-6H. The van der Waals surface area contributed by atoms with E-state index in [1.807, 2.05) is 12.1 Å². The maximum Gasteiger partial charge on any atom is 0.220 e. The van der Waals surface area contributed by atoms with Crippen LogP contribution in [0.2, 0.25) is 0 Å². The van der Waals surface area contributed by atoms with Gasteiger partial charge in [-0.25, -0.2) is 4.98 Å². The van der Waals surface area contributed by atoms with Crippen LogP contribution in [0.1, 0.15) is 0 Å². The van der Waals surface area contributed by atoms with Gasteiger partial charge >= 0.3 is 0 Å². The monoisotopic (exact) mass is 147 g/mol. The van der Waals surface area contributed by atoms with Crippen molar-refractivity contribution < 1.29 is 4.39 Å². The topological polar surface area (TPSA) is 12.9 Å². The molecule has 0 aliphatic carbocycles. The summed E-state index contributed by atoms with van der Waals surface area (Å²) in [4.78, 5) is 3.54. The van der Waals surface area contributed by atoms with Gasteiger partial charge in [0, 0.05) is 11.6 Å². The lowest BCUT2D eigenvalue weighted by Gasteiger charge is -1.95. The normalized spacial score (nSPS) is 10.3. The largest absolute Gasteiger partial charge is 0.228 e. The van der Waals surface area contributed by atoms with Crippen molar-refractivity contribution in [3.8, 4) is 0 Å². The van der Waals surface area contributed by atoms with Gasteiger partial charge in [-0.05, 0) is 17.5 Å². The van der Waals surface area contributed by atoms with E-state index >= 15 is 0 Å². The molecular weight excluding hydrogens is 141 g/mol. The van der Waals surface area contributed by atoms with E-state index in [0.29, 0.717) is 5.39 Å². The summed E-state index contributed by atoms with van der Waals surface area (Å²) in [6.45, 7) is 0. The van der Waals surface area contributed by atoms with E-state index < -0.39 is 5.95 Å². The molecule has 0 spiro atoms. The summed E-state index contributed by atoms with van der Waals surface area (Å²) in [6, 6.07) is 9.05. The molecule has 2 heteroatoms. The van der Waals surface area contributed by atoms with E-state index in [9.17, 15) is 4.39 Å². The van der Waals surface area contributed by atoms with Crippen LogP contribution in [-0.2, 0) is 0 Å². The van der Waals surface area contributed by atoms with E-state index in [1.54, 1.807) is 18.2 Å². The average Bonchev–Trinajstić information content (AvgIpc) is 2.06. The Kier molecular flexibility index (Phi) is 1.32. The Morgan fingerprint density at radius 2 is 1.91 bits per heavy atom. The third-order valence-corrected chi connectivity index (χ3v) is 1.63. The highest BCUT2D eigenvalue weighted by atomic mass is 19.1. The Morgan fingerprint density at radius 1 is 1.09 bits per heavy atom. The molecule has 1 aromatic carbocycles. The Balaban J connectivity index is 2.91. The zero-order chi connectivity index (χ0) is 7.68. The van der Waals surface area contributed by atoms with Crippen molar-refractivity contribution in [2.45, 2.75) is 0 Å². The number of aromatic nitrogens is 1. The lowest BCUT2D eigenvalue weighted by atomic mass is 10.2.